The molecule has 1 N–H and O–H groups in total. The number of benzene rings is 2. The van der Waals surface area contributed by atoms with Gasteiger partial charge in [0.1, 0.15) is 5.84 Å². The molecule has 0 radical (unpaired) electrons. The van der Waals surface area contributed by atoms with E-state index in [-0.39, 0.29) is 10.7 Å². The third kappa shape index (κ3) is 3.11. The zero-order chi connectivity index (χ0) is 12.1. The number of amidine groups is 1. The molecule has 2 aromatic rings. The molecule has 0 atom stereocenters. The third-order valence-electron chi connectivity index (χ3n) is 2.16. The minimum atomic E-state index is -0.381. The van der Waals surface area contributed by atoms with E-state index in [0.29, 0.717) is 5.84 Å². The summed E-state index contributed by atoms with van der Waals surface area (Å²) < 4.78 is 4.43. The molecular formula is C14H14N2S. The second-order valence-electron chi connectivity index (χ2n) is 3.59. The Kier molecular flexibility index (Phi) is 3.83. The predicted octanol–water partition coefficient (Wildman–Crippen LogP) is 3.90. The second kappa shape index (κ2) is 5.55. The Morgan fingerprint density at radius 2 is 1.29 bits per heavy atom. The Labute approximate surface area is 104 Å². The maximum atomic E-state index is 7.56. The van der Waals surface area contributed by atoms with Gasteiger partial charge in [0.25, 0.3) is 0 Å². The summed E-state index contributed by atoms with van der Waals surface area (Å²) in [5, 5.41) is 7.56. The van der Waals surface area contributed by atoms with Crippen molar-refractivity contribution in [2.24, 2.45) is 4.36 Å². The van der Waals surface area contributed by atoms with Crippen LogP contribution in [0.1, 0.15) is 6.92 Å². The minimum Gasteiger partial charge on any atom is -0.286 e. The maximum absolute atomic E-state index is 7.56. The summed E-state index contributed by atoms with van der Waals surface area (Å²) in [4.78, 5) is 2.29. The number of hydrogen-bond donors (Lipinski definition) is 1. The van der Waals surface area contributed by atoms with Crippen molar-refractivity contribution in [1.82, 2.24) is 0 Å². The molecule has 0 spiro atoms. The first-order valence-corrected chi connectivity index (χ1v) is 6.57. The van der Waals surface area contributed by atoms with Crippen LogP contribution in [0.4, 0.5) is 0 Å². The van der Waals surface area contributed by atoms with E-state index in [1.807, 2.05) is 36.4 Å². The molecule has 2 aromatic carbocycles. The fourth-order valence-corrected chi connectivity index (χ4v) is 3.06. The van der Waals surface area contributed by atoms with Crippen LogP contribution in [0.5, 0.6) is 0 Å². The summed E-state index contributed by atoms with van der Waals surface area (Å²) in [5.74, 6) is 0.362. The largest absolute Gasteiger partial charge is 0.286 e. The first-order chi connectivity index (χ1) is 8.27. The maximum Gasteiger partial charge on any atom is 0.125 e. The van der Waals surface area contributed by atoms with Gasteiger partial charge in [0.2, 0.25) is 0 Å². The lowest BCUT2D eigenvalue weighted by Crippen LogP contribution is -1.95. The summed E-state index contributed by atoms with van der Waals surface area (Å²) in [6.45, 7) is 1.71. The molecule has 0 heterocycles. The Morgan fingerprint density at radius 3 is 1.65 bits per heavy atom. The second-order valence-corrected chi connectivity index (χ2v) is 5.28. The highest BCUT2D eigenvalue weighted by Crippen LogP contribution is 2.18. The highest BCUT2D eigenvalue weighted by Gasteiger charge is 2.04. The first kappa shape index (κ1) is 11.7. The Bertz CT molecular complexity index is 491. The zero-order valence-corrected chi connectivity index (χ0v) is 10.4. The molecule has 0 amide bonds. The van der Waals surface area contributed by atoms with Crippen LogP contribution >= 0.6 is 0 Å². The van der Waals surface area contributed by atoms with E-state index in [0.717, 1.165) is 9.79 Å². The number of hydrogen-bond acceptors (Lipinski definition) is 1. The van der Waals surface area contributed by atoms with Crippen molar-refractivity contribution < 1.29 is 0 Å². The van der Waals surface area contributed by atoms with Crippen LogP contribution in [-0.4, -0.2) is 5.84 Å². The molecule has 17 heavy (non-hydrogen) atoms. The lowest BCUT2D eigenvalue weighted by molar-refractivity contribution is 1.36. The average Bonchev–Trinajstić information content (AvgIpc) is 2.38. The molecule has 0 unspecified atom stereocenters. The van der Waals surface area contributed by atoms with Crippen molar-refractivity contribution in [1.29, 1.82) is 5.41 Å². The van der Waals surface area contributed by atoms with Gasteiger partial charge in [-0.15, -0.1) is 0 Å². The molecule has 0 aliphatic heterocycles. The standard InChI is InChI=1S/C14H14N2S/c1-12(15)16-17(13-8-4-2-5-9-13)14-10-6-3-7-11-14/h2-11,15H,1H3. The van der Waals surface area contributed by atoms with Crippen molar-refractivity contribution in [3.05, 3.63) is 60.7 Å². The van der Waals surface area contributed by atoms with Gasteiger partial charge in [0, 0.05) is 9.79 Å². The summed E-state index contributed by atoms with van der Waals surface area (Å²) in [6.07, 6.45) is 0. The summed E-state index contributed by atoms with van der Waals surface area (Å²) in [7, 11) is -0.381. The van der Waals surface area contributed by atoms with Crippen molar-refractivity contribution in [3.63, 3.8) is 0 Å². The molecule has 0 saturated carbocycles. The molecule has 3 heteroatoms. The molecular weight excluding hydrogens is 228 g/mol. The van der Waals surface area contributed by atoms with E-state index in [1.54, 1.807) is 6.92 Å². The fraction of sp³-hybridized carbons (Fsp3) is 0.0714. The molecule has 2 nitrogen and oxygen atoms in total. The van der Waals surface area contributed by atoms with Crippen LogP contribution in [0.2, 0.25) is 0 Å². The number of nitrogens with one attached hydrogen (secondary N) is 1. The van der Waals surface area contributed by atoms with Gasteiger partial charge in [-0.25, -0.2) is 4.36 Å². The SMILES string of the molecule is CC(=N)N=S(c1ccccc1)c1ccccc1. The average molecular weight is 242 g/mol. The number of nitrogens with zero attached hydrogens (tertiary/aromatic N) is 1. The van der Waals surface area contributed by atoms with Crippen molar-refractivity contribution in [2.45, 2.75) is 16.7 Å². The van der Waals surface area contributed by atoms with E-state index in [2.05, 4.69) is 28.6 Å². The highest BCUT2D eigenvalue weighted by molar-refractivity contribution is 7.87. The predicted molar refractivity (Wildman–Crippen MR) is 72.6 cm³/mol. The van der Waals surface area contributed by atoms with E-state index < -0.39 is 0 Å². The number of rotatable bonds is 2. The van der Waals surface area contributed by atoms with Crippen LogP contribution in [0, 0.1) is 5.41 Å². The Balaban J connectivity index is 2.51. The summed E-state index contributed by atoms with van der Waals surface area (Å²) in [5.41, 5.74) is 0. The van der Waals surface area contributed by atoms with Crippen molar-refractivity contribution in [2.75, 3.05) is 0 Å². The molecule has 0 bridgehead atoms. The van der Waals surface area contributed by atoms with Gasteiger partial charge in [0.15, 0.2) is 0 Å². The van der Waals surface area contributed by atoms with E-state index in [9.17, 15) is 0 Å². The van der Waals surface area contributed by atoms with E-state index in [4.69, 9.17) is 5.41 Å². The topological polar surface area (TPSA) is 36.2 Å². The zero-order valence-electron chi connectivity index (χ0n) is 9.63. The quantitative estimate of drug-likeness (QED) is 0.612. The molecule has 0 saturated heterocycles. The smallest absolute Gasteiger partial charge is 0.125 e. The molecule has 0 aliphatic carbocycles. The highest BCUT2D eigenvalue weighted by atomic mass is 32.2. The van der Waals surface area contributed by atoms with Gasteiger partial charge in [-0.05, 0) is 41.9 Å². The van der Waals surface area contributed by atoms with Gasteiger partial charge in [-0.3, -0.25) is 5.41 Å². The van der Waals surface area contributed by atoms with Gasteiger partial charge < -0.3 is 0 Å². The Morgan fingerprint density at radius 1 is 0.882 bits per heavy atom. The monoisotopic (exact) mass is 242 g/mol. The lowest BCUT2D eigenvalue weighted by atomic mass is 10.4. The van der Waals surface area contributed by atoms with Gasteiger partial charge in [0.05, 0.1) is 0 Å². The minimum absolute atomic E-state index is 0.362. The van der Waals surface area contributed by atoms with Crippen LogP contribution in [-0.2, 0) is 10.7 Å². The third-order valence-corrected chi connectivity index (χ3v) is 4.05. The fourth-order valence-electron chi connectivity index (χ4n) is 1.48. The van der Waals surface area contributed by atoms with Crippen molar-refractivity contribution in [3.8, 4) is 0 Å². The first-order valence-electron chi connectivity index (χ1n) is 5.39. The lowest BCUT2D eigenvalue weighted by Gasteiger charge is -2.08. The van der Waals surface area contributed by atoms with Gasteiger partial charge in [-0.2, -0.15) is 0 Å². The van der Waals surface area contributed by atoms with Gasteiger partial charge in [-0.1, -0.05) is 36.4 Å². The van der Waals surface area contributed by atoms with E-state index >= 15 is 0 Å². The molecule has 2 rings (SSSR count). The molecule has 0 fully saturated rings. The van der Waals surface area contributed by atoms with Crippen molar-refractivity contribution >= 4 is 16.5 Å². The summed E-state index contributed by atoms with van der Waals surface area (Å²) >= 11 is 0. The van der Waals surface area contributed by atoms with Gasteiger partial charge >= 0.3 is 0 Å². The molecule has 0 aromatic heterocycles. The van der Waals surface area contributed by atoms with Crippen LogP contribution in [0.25, 0.3) is 0 Å². The molecule has 86 valence electrons. The van der Waals surface area contributed by atoms with Crippen LogP contribution < -0.4 is 0 Å². The normalized spacial score (nSPS) is 10.2. The van der Waals surface area contributed by atoms with Crippen LogP contribution in [0.3, 0.4) is 0 Å². The molecule has 0 aliphatic rings. The van der Waals surface area contributed by atoms with E-state index in [1.165, 1.54) is 0 Å². The van der Waals surface area contributed by atoms with Crippen LogP contribution in [0.15, 0.2) is 74.8 Å². The Hall–Kier alpha value is -1.74. The summed E-state index contributed by atoms with van der Waals surface area (Å²) in [6, 6.07) is 20.2.